The topological polar surface area (TPSA) is 89.8 Å². The molecule has 2 amide bonds. The van der Waals surface area contributed by atoms with Gasteiger partial charge in [-0.15, -0.1) is 0 Å². The summed E-state index contributed by atoms with van der Waals surface area (Å²) in [5.74, 6) is 0.471. The lowest BCUT2D eigenvalue weighted by Gasteiger charge is -2.20. The summed E-state index contributed by atoms with van der Waals surface area (Å²) in [5, 5.41) is 5.74. The Morgan fingerprint density at radius 3 is 2.42 bits per heavy atom. The molecule has 1 aromatic heterocycles. The maximum Gasteiger partial charge on any atom is 0.268 e. The lowest BCUT2D eigenvalue weighted by molar-refractivity contribution is -0.118. The summed E-state index contributed by atoms with van der Waals surface area (Å²) in [6.45, 7) is 4.00. The van der Waals surface area contributed by atoms with Crippen molar-refractivity contribution in [1.29, 1.82) is 0 Å². The highest BCUT2D eigenvalue weighted by molar-refractivity contribution is 6.05. The van der Waals surface area contributed by atoms with Gasteiger partial charge in [-0.3, -0.25) is 9.59 Å². The first-order chi connectivity index (χ1) is 16.0. The molecule has 172 valence electrons. The first-order valence-corrected chi connectivity index (χ1v) is 10.6. The number of benzene rings is 2. The number of furan rings is 1. The van der Waals surface area contributed by atoms with E-state index in [0.717, 1.165) is 11.1 Å². The van der Waals surface area contributed by atoms with Gasteiger partial charge in [0, 0.05) is 11.6 Å². The molecule has 0 saturated carbocycles. The fourth-order valence-electron chi connectivity index (χ4n) is 3.46. The Balaban J connectivity index is 1.87. The van der Waals surface area contributed by atoms with E-state index in [9.17, 15) is 9.59 Å². The van der Waals surface area contributed by atoms with Gasteiger partial charge >= 0.3 is 0 Å². The molecule has 0 spiro atoms. The Labute approximate surface area is 193 Å². The van der Waals surface area contributed by atoms with Gasteiger partial charge < -0.3 is 24.5 Å². The van der Waals surface area contributed by atoms with E-state index in [1.165, 1.54) is 26.6 Å². The van der Waals surface area contributed by atoms with Crippen molar-refractivity contribution in [3.8, 4) is 11.5 Å². The number of ether oxygens (including phenoxy) is 2. The molecule has 3 aromatic rings. The minimum Gasteiger partial charge on any atom is -0.493 e. The molecule has 1 heterocycles. The predicted molar refractivity (Wildman–Crippen MR) is 126 cm³/mol. The van der Waals surface area contributed by atoms with E-state index in [-0.39, 0.29) is 11.7 Å². The van der Waals surface area contributed by atoms with Crippen LogP contribution in [0.4, 0.5) is 0 Å². The summed E-state index contributed by atoms with van der Waals surface area (Å²) in [5.41, 5.74) is 2.49. The Kier molecular flexibility index (Phi) is 7.91. The first kappa shape index (κ1) is 23.7. The molecule has 7 heteroatoms. The molecule has 0 aliphatic heterocycles. The number of aryl methyl sites for hydroxylation is 1. The van der Waals surface area contributed by atoms with Crippen molar-refractivity contribution in [3.63, 3.8) is 0 Å². The van der Waals surface area contributed by atoms with Gasteiger partial charge in [-0.25, -0.2) is 0 Å². The smallest absolute Gasteiger partial charge is 0.268 e. The molecule has 7 nitrogen and oxygen atoms in total. The van der Waals surface area contributed by atoms with Gasteiger partial charge in [0.25, 0.3) is 11.8 Å². The van der Waals surface area contributed by atoms with Crippen molar-refractivity contribution in [2.75, 3.05) is 14.2 Å². The maximum absolute atomic E-state index is 13.2. The van der Waals surface area contributed by atoms with Crippen LogP contribution >= 0.6 is 0 Å². The monoisotopic (exact) mass is 448 g/mol. The number of carbonyl (C=O) groups is 2. The van der Waals surface area contributed by atoms with E-state index < -0.39 is 11.8 Å². The van der Waals surface area contributed by atoms with Crippen LogP contribution in [0.25, 0.3) is 6.08 Å². The third-order valence-corrected chi connectivity index (χ3v) is 5.25. The zero-order valence-corrected chi connectivity index (χ0v) is 19.2. The van der Waals surface area contributed by atoms with Crippen molar-refractivity contribution in [1.82, 2.24) is 10.6 Å². The molecule has 2 aromatic carbocycles. The third kappa shape index (κ3) is 5.83. The number of rotatable bonds is 9. The Hall–Kier alpha value is -4.00. The van der Waals surface area contributed by atoms with Crippen molar-refractivity contribution in [2.24, 2.45) is 0 Å². The van der Waals surface area contributed by atoms with Gasteiger partial charge in [-0.1, -0.05) is 31.2 Å². The number of amides is 2. The summed E-state index contributed by atoms with van der Waals surface area (Å²) < 4.78 is 15.9. The van der Waals surface area contributed by atoms with Gasteiger partial charge in [-0.05, 0) is 54.8 Å². The molecule has 0 fully saturated rings. The van der Waals surface area contributed by atoms with Crippen LogP contribution in [0, 0.1) is 6.92 Å². The second kappa shape index (κ2) is 11.0. The molecule has 3 rings (SSSR count). The van der Waals surface area contributed by atoms with Crippen molar-refractivity contribution in [3.05, 3.63) is 89.0 Å². The van der Waals surface area contributed by atoms with Crippen LogP contribution in [-0.2, 0) is 4.79 Å². The predicted octanol–water partition coefficient (Wildman–Crippen LogP) is 4.64. The lowest BCUT2D eigenvalue weighted by atomic mass is 9.99. The Morgan fingerprint density at radius 1 is 1.03 bits per heavy atom. The molecular weight excluding hydrogens is 420 g/mol. The average molecular weight is 449 g/mol. The number of methoxy groups -OCH3 is 2. The molecular formula is C26H28N2O5. The summed E-state index contributed by atoms with van der Waals surface area (Å²) >= 11 is 0. The molecule has 1 unspecified atom stereocenters. The van der Waals surface area contributed by atoms with Crippen LogP contribution in [0.5, 0.6) is 11.5 Å². The summed E-state index contributed by atoms with van der Waals surface area (Å²) in [6, 6.07) is 15.9. The van der Waals surface area contributed by atoms with Crippen LogP contribution in [-0.4, -0.2) is 26.0 Å². The normalized spacial score (nSPS) is 12.1. The minimum atomic E-state index is -0.465. The molecule has 0 radical (unpaired) electrons. The van der Waals surface area contributed by atoms with Gasteiger partial charge in [0.05, 0.1) is 26.5 Å². The Morgan fingerprint density at radius 2 is 1.79 bits per heavy atom. The Bertz CT molecular complexity index is 1140. The summed E-state index contributed by atoms with van der Waals surface area (Å²) in [4.78, 5) is 26.2. The minimum absolute atomic E-state index is 0.0665. The SMILES string of the molecule is CCC(NC(=O)/C(=C/c1ccco1)NC(=O)c1ccc(OC)c(OC)c1)c1ccccc1C. The van der Waals surface area contributed by atoms with Crippen LogP contribution in [0.2, 0.25) is 0 Å². The largest absolute Gasteiger partial charge is 0.493 e. The quantitative estimate of drug-likeness (QED) is 0.466. The van der Waals surface area contributed by atoms with E-state index in [2.05, 4.69) is 10.6 Å². The second-order valence-electron chi connectivity index (χ2n) is 7.39. The maximum atomic E-state index is 13.2. The van der Waals surface area contributed by atoms with E-state index in [1.54, 1.807) is 30.3 Å². The summed E-state index contributed by atoms with van der Waals surface area (Å²) in [6.07, 6.45) is 3.69. The third-order valence-electron chi connectivity index (χ3n) is 5.25. The lowest BCUT2D eigenvalue weighted by Crippen LogP contribution is -2.37. The zero-order valence-electron chi connectivity index (χ0n) is 19.2. The second-order valence-corrected chi connectivity index (χ2v) is 7.39. The average Bonchev–Trinajstić information content (AvgIpc) is 3.35. The molecule has 0 aliphatic rings. The number of hydrogen-bond acceptors (Lipinski definition) is 5. The number of hydrogen-bond donors (Lipinski definition) is 2. The van der Waals surface area contributed by atoms with E-state index in [0.29, 0.717) is 29.2 Å². The highest BCUT2D eigenvalue weighted by atomic mass is 16.5. The highest BCUT2D eigenvalue weighted by Gasteiger charge is 2.21. The summed E-state index contributed by atoms with van der Waals surface area (Å²) in [7, 11) is 3.01. The molecule has 1 atom stereocenters. The van der Waals surface area contributed by atoms with Gasteiger partial charge in [0.2, 0.25) is 0 Å². The zero-order chi connectivity index (χ0) is 23.8. The molecule has 0 bridgehead atoms. The van der Waals surface area contributed by atoms with Gasteiger partial charge in [-0.2, -0.15) is 0 Å². The van der Waals surface area contributed by atoms with Crippen LogP contribution in [0.1, 0.15) is 46.6 Å². The van der Waals surface area contributed by atoms with Crippen molar-refractivity contribution >= 4 is 17.9 Å². The van der Waals surface area contributed by atoms with Crippen molar-refractivity contribution in [2.45, 2.75) is 26.3 Å². The van der Waals surface area contributed by atoms with E-state index >= 15 is 0 Å². The van der Waals surface area contributed by atoms with Crippen molar-refractivity contribution < 1.29 is 23.5 Å². The molecule has 33 heavy (non-hydrogen) atoms. The number of carbonyl (C=O) groups excluding carboxylic acids is 2. The van der Waals surface area contributed by atoms with E-state index in [4.69, 9.17) is 13.9 Å². The molecule has 2 N–H and O–H groups in total. The first-order valence-electron chi connectivity index (χ1n) is 10.6. The fraction of sp³-hybridized carbons (Fsp3) is 0.231. The highest BCUT2D eigenvalue weighted by Crippen LogP contribution is 2.27. The van der Waals surface area contributed by atoms with Gasteiger partial charge in [0.1, 0.15) is 11.5 Å². The fourth-order valence-corrected chi connectivity index (χ4v) is 3.46. The van der Waals surface area contributed by atoms with Gasteiger partial charge in [0.15, 0.2) is 11.5 Å². The van der Waals surface area contributed by atoms with Crippen LogP contribution in [0.3, 0.4) is 0 Å². The molecule has 0 aliphatic carbocycles. The molecule has 0 saturated heterocycles. The van der Waals surface area contributed by atoms with Crippen LogP contribution < -0.4 is 20.1 Å². The number of nitrogens with one attached hydrogen (secondary N) is 2. The standard InChI is InChI=1S/C26H28N2O5/c1-5-21(20-11-7-6-9-17(20)2)27-26(30)22(16-19-10-8-14-33-19)28-25(29)18-12-13-23(31-3)24(15-18)32-4/h6-16,21H,5H2,1-4H3,(H,27,30)(H,28,29)/b22-16-. The van der Waals surface area contributed by atoms with E-state index in [1.807, 2.05) is 38.1 Å². The van der Waals surface area contributed by atoms with Crippen LogP contribution in [0.15, 0.2) is 71.0 Å².